The van der Waals surface area contributed by atoms with E-state index in [1.165, 1.54) is 12.2 Å². The van der Waals surface area contributed by atoms with Crippen molar-refractivity contribution in [3.8, 4) is 0 Å². The molecule has 0 aromatic rings. The van der Waals surface area contributed by atoms with E-state index in [1.54, 1.807) is 0 Å². The Kier molecular flexibility index (Phi) is 2.76. The fourth-order valence-electron chi connectivity index (χ4n) is 0.940. The first kappa shape index (κ1) is 8.40. The molecule has 0 unspecified atom stereocenters. The van der Waals surface area contributed by atoms with Crippen molar-refractivity contribution in [1.82, 2.24) is 0 Å². The molecule has 3 heteroatoms. The summed E-state index contributed by atoms with van der Waals surface area (Å²) in [6.07, 6.45) is 4.80. The molecule has 0 aromatic carbocycles. The van der Waals surface area contributed by atoms with E-state index in [9.17, 15) is 8.78 Å². The van der Waals surface area contributed by atoms with Crippen molar-refractivity contribution >= 4 is 0 Å². The number of hydrogen-bond acceptors (Lipinski definition) is 1. The van der Waals surface area contributed by atoms with Crippen LogP contribution in [0.1, 0.15) is 12.8 Å². The Balaban J connectivity index is 2.29. The third-order valence-corrected chi connectivity index (χ3v) is 1.71. The summed E-state index contributed by atoms with van der Waals surface area (Å²) in [6.45, 7) is 0.599. The van der Waals surface area contributed by atoms with Crippen molar-refractivity contribution in [2.75, 3.05) is 6.61 Å². The largest absolute Gasteiger partial charge is 0.369 e. The molecule has 0 aromatic heterocycles. The number of ether oxygens (including phenoxy) is 1. The van der Waals surface area contributed by atoms with Gasteiger partial charge in [0.25, 0.3) is 0 Å². The summed E-state index contributed by atoms with van der Waals surface area (Å²) >= 11 is 0. The highest BCUT2D eigenvalue weighted by Gasteiger charge is 2.42. The quantitative estimate of drug-likeness (QED) is 0.575. The van der Waals surface area contributed by atoms with Gasteiger partial charge < -0.3 is 4.74 Å². The summed E-state index contributed by atoms with van der Waals surface area (Å²) in [6, 6.07) is 0. The van der Waals surface area contributed by atoms with Crippen LogP contribution in [0.3, 0.4) is 0 Å². The van der Waals surface area contributed by atoms with Crippen molar-refractivity contribution < 1.29 is 13.5 Å². The van der Waals surface area contributed by atoms with Gasteiger partial charge >= 0.3 is 0 Å². The fraction of sp³-hybridized carbons (Fsp3) is 0.500. The third kappa shape index (κ3) is 2.42. The highest BCUT2D eigenvalue weighted by molar-refractivity contribution is 5.02. The molecular formula is C8H10F2O. The molecular weight excluding hydrogens is 150 g/mol. The second-order valence-electron chi connectivity index (χ2n) is 2.60. The Bertz CT molecular complexity index is 155. The van der Waals surface area contributed by atoms with E-state index >= 15 is 0 Å². The van der Waals surface area contributed by atoms with Gasteiger partial charge in [0.15, 0.2) is 0 Å². The highest BCUT2D eigenvalue weighted by Crippen LogP contribution is 2.35. The monoisotopic (exact) mass is 160 g/mol. The van der Waals surface area contributed by atoms with Crippen LogP contribution in [0.15, 0.2) is 24.8 Å². The maximum atomic E-state index is 11.5. The standard InChI is InChI=1S/C8H10F2O/c9-5-1-3-8(7-11-8)4-2-6-10/h1-2,5-6H,3-4,7H2. The van der Waals surface area contributed by atoms with Crippen molar-refractivity contribution in [1.29, 1.82) is 0 Å². The molecule has 0 saturated carbocycles. The summed E-state index contributed by atoms with van der Waals surface area (Å²) in [5.41, 5.74) is -0.300. The first-order valence-corrected chi connectivity index (χ1v) is 3.47. The van der Waals surface area contributed by atoms with Crippen molar-refractivity contribution in [3.05, 3.63) is 24.8 Å². The van der Waals surface area contributed by atoms with Crippen LogP contribution in [-0.2, 0) is 4.74 Å². The molecule has 62 valence electrons. The zero-order valence-electron chi connectivity index (χ0n) is 6.09. The fourth-order valence-corrected chi connectivity index (χ4v) is 0.940. The van der Waals surface area contributed by atoms with Gasteiger partial charge in [-0.05, 0) is 12.8 Å². The topological polar surface area (TPSA) is 12.5 Å². The van der Waals surface area contributed by atoms with Crippen LogP contribution in [0.25, 0.3) is 0 Å². The van der Waals surface area contributed by atoms with Crippen LogP contribution < -0.4 is 0 Å². The zero-order chi connectivity index (χ0) is 8.16. The maximum absolute atomic E-state index is 11.5. The van der Waals surface area contributed by atoms with E-state index in [-0.39, 0.29) is 5.60 Å². The van der Waals surface area contributed by atoms with Gasteiger partial charge in [0.05, 0.1) is 24.9 Å². The summed E-state index contributed by atoms with van der Waals surface area (Å²) in [4.78, 5) is 0. The number of rotatable bonds is 4. The Morgan fingerprint density at radius 1 is 1.18 bits per heavy atom. The smallest absolute Gasteiger partial charge is 0.0986 e. The lowest BCUT2D eigenvalue weighted by Gasteiger charge is -2.02. The van der Waals surface area contributed by atoms with Crippen molar-refractivity contribution in [2.45, 2.75) is 18.4 Å². The van der Waals surface area contributed by atoms with E-state index in [1.807, 2.05) is 0 Å². The average Bonchev–Trinajstić information content (AvgIpc) is 2.79. The van der Waals surface area contributed by atoms with Gasteiger partial charge in [-0.2, -0.15) is 0 Å². The second kappa shape index (κ2) is 3.62. The average molecular weight is 160 g/mol. The second-order valence-corrected chi connectivity index (χ2v) is 2.60. The van der Waals surface area contributed by atoms with E-state index < -0.39 is 0 Å². The van der Waals surface area contributed by atoms with Gasteiger partial charge in [0.2, 0.25) is 0 Å². The molecule has 0 radical (unpaired) electrons. The molecule has 1 heterocycles. The van der Waals surface area contributed by atoms with E-state index in [0.717, 1.165) is 0 Å². The van der Waals surface area contributed by atoms with Crippen LogP contribution in [0, 0.1) is 0 Å². The molecule has 0 N–H and O–H groups in total. The Morgan fingerprint density at radius 3 is 1.91 bits per heavy atom. The Labute approximate surface area is 64.4 Å². The molecule has 1 fully saturated rings. The van der Waals surface area contributed by atoms with Gasteiger partial charge in [-0.1, -0.05) is 12.2 Å². The van der Waals surface area contributed by atoms with Crippen molar-refractivity contribution in [3.63, 3.8) is 0 Å². The predicted octanol–water partition coefficient (Wildman–Crippen LogP) is 2.50. The van der Waals surface area contributed by atoms with Crippen LogP contribution in [0.5, 0.6) is 0 Å². The first-order chi connectivity index (χ1) is 5.33. The Morgan fingerprint density at radius 2 is 1.64 bits per heavy atom. The van der Waals surface area contributed by atoms with Crippen molar-refractivity contribution in [2.24, 2.45) is 0 Å². The van der Waals surface area contributed by atoms with Crippen LogP contribution >= 0.6 is 0 Å². The SMILES string of the molecule is FC=CCC1(CC=CF)CO1. The molecule has 0 spiro atoms. The molecule has 0 bridgehead atoms. The molecule has 0 aliphatic carbocycles. The van der Waals surface area contributed by atoms with Gasteiger partial charge in [-0.25, -0.2) is 8.78 Å². The molecule has 0 amide bonds. The molecule has 1 rings (SSSR count). The first-order valence-electron chi connectivity index (χ1n) is 3.47. The van der Waals surface area contributed by atoms with E-state index in [2.05, 4.69) is 0 Å². The molecule has 1 saturated heterocycles. The molecule has 1 nitrogen and oxygen atoms in total. The summed E-state index contributed by atoms with van der Waals surface area (Å²) in [5, 5.41) is 0. The lowest BCUT2D eigenvalue weighted by molar-refractivity contribution is 0.306. The minimum Gasteiger partial charge on any atom is -0.369 e. The van der Waals surface area contributed by atoms with Gasteiger partial charge in [0, 0.05) is 0 Å². The molecule has 0 atom stereocenters. The van der Waals surface area contributed by atoms with E-state index in [4.69, 9.17) is 4.74 Å². The number of hydrogen-bond donors (Lipinski definition) is 0. The third-order valence-electron chi connectivity index (χ3n) is 1.71. The van der Waals surface area contributed by atoms with E-state index in [0.29, 0.717) is 32.1 Å². The van der Waals surface area contributed by atoms with Crippen LogP contribution in [0.4, 0.5) is 8.78 Å². The van der Waals surface area contributed by atoms with Gasteiger partial charge in [0.1, 0.15) is 0 Å². The zero-order valence-corrected chi connectivity index (χ0v) is 6.09. The Hall–Kier alpha value is -0.700. The summed E-state index contributed by atoms with van der Waals surface area (Å²) in [5.74, 6) is 0. The normalized spacial score (nSPS) is 30.4. The molecule has 11 heavy (non-hydrogen) atoms. The summed E-state index contributed by atoms with van der Waals surface area (Å²) in [7, 11) is 0. The summed E-state index contributed by atoms with van der Waals surface area (Å²) < 4.78 is 28.2. The predicted molar refractivity (Wildman–Crippen MR) is 38.4 cm³/mol. The highest BCUT2D eigenvalue weighted by atomic mass is 19.1. The lowest BCUT2D eigenvalue weighted by Crippen LogP contribution is -2.07. The van der Waals surface area contributed by atoms with Gasteiger partial charge in [-0.15, -0.1) is 0 Å². The van der Waals surface area contributed by atoms with Crippen LogP contribution in [0.2, 0.25) is 0 Å². The maximum Gasteiger partial charge on any atom is 0.0986 e. The molecule has 1 aliphatic rings. The number of halogens is 2. The molecule has 1 aliphatic heterocycles. The number of epoxide rings is 1. The van der Waals surface area contributed by atoms with Gasteiger partial charge in [-0.3, -0.25) is 0 Å². The lowest BCUT2D eigenvalue weighted by atomic mass is 10.0. The minimum atomic E-state index is -0.300. The minimum absolute atomic E-state index is 0.300. The van der Waals surface area contributed by atoms with Crippen LogP contribution in [-0.4, -0.2) is 12.2 Å².